The summed E-state index contributed by atoms with van der Waals surface area (Å²) in [5.74, 6) is -2.17. The Hall–Kier alpha value is -8.00. The monoisotopic (exact) mass is 1580 g/mol. The standard InChI is InChI=1S/C43H63N3O9.C42H53NO13S/c1-5-51-20-21-53-24-25-55-27-26-54-23-22-52-19-18-44-41(49)34-13-11-12-33(28-34)29-37(47)30-35-31-45(36-14-7-6-8-15-36)38-16-9-10-17-39(38)46(42(35)50)32-40(48)43(2,3)4;1-2-49-14-15-51-18-19-53-22-23-55-25-24-54-21-20-52-17-16-50-13-11-40(46)43-12-3-4-33(57)26-30-5-8-34(37(27-30)42(47)48)41-35-9-6-31(44)28-38(35)56-39-29-32(45)7-10-36(39)41/h9-13,16-17,28,35-36H,5-8,14-15,18-27,29-32H2,1-4H3,(H,44,49);5-10,27-29,44H,2-4,11-26H2,1H3,(H,43,46)(H,47,48)/t35-;/m1./s1. The Kier molecular flexibility index (Phi) is 42.1. The van der Waals surface area contributed by atoms with Crippen molar-refractivity contribution in [1.82, 2.24) is 10.6 Å². The number of hydrogen-bond acceptors (Lipinski definition) is 23. The smallest absolute Gasteiger partial charge is 0.336 e. The highest BCUT2D eigenvalue weighted by atomic mass is 32.1. The number of aromatic hydroxyl groups is 1. The lowest BCUT2D eigenvalue weighted by molar-refractivity contribution is -0.129. The van der Waals surface area contributed by atoms with Crippen molar-refractivity contribution in [2.75, 3.05) is 195 Å². The summed E-state index contributed by atoms with van der Waals surface area (Å²) in [4.78, 5) is 95.8. The van der Waals surface area contributed by atoms with Crippen LogP contribution in [0.3, 0.4) is 0 Å². The van der Waals surface area contributed by atoms with E-state index in [-0.39, 0.29) is 90.2 Å². The number of ether oxygens (including phenoxy) is 12. The first-order valence-electron chi connectivity index (χ1n) is 39.2. The summed E-state index contributed by atoms with van der Waals surface area (Å²) >= 11 is 5.61. The van der Waals surface area contributed by atoms with E-state index >= 15 is 0 Å². The molecule has 4 N–H and O–H groups in total. The minimum Gasteiger partial charge on any atom is -0.508 e. The van der Waals surface area contributed by atoms with Crippen LogP contribution in [-0.4, -0.2) is 241 Å². The van der Waals surface area contributed by atoms with Crippen molar-refractivity contribution in [3.05, 3.63) is 136 Å². The molecule has 0 saturated heterocycles. The summed E-state index contributed by atoms with van der Waals surface area (Å²) in [6.45, 7) is 22.3. The largest absolute Gasteiger partial charge is 0.508 e. The van der Waals surface area contributed by atoms with E-state index in [2.05, 4.69) is 15.5 Å². The number of hydrogen-bond donors (Lipinski definition) is 4. The molecule has 2 aliphatic heterocycles. The second-order valence-corrected chi connectivity index (χ2v) is 28.6. The van der Waals surface area contributed by atoms with Gasteiger partial charge in [-0.25, -0.2) is 4.79 Å². The van der Waals surface area contributed by atoms with Crippen molar-refractivity contribution >= 4 is 74.7 Å². The van der Waals surface area contributed by atoms with Crippen molar-refractivity contribution in [1.29, 1.82) is 0 Å². The number of phenols is 1. The van der Waals surface area contributed by atoms with E-state index in [0.29, 0.717) is 230 Å². The molecule has 2 heterocycles. The van der Waals surface area contributed by atoms with Crippen molar-refractivity contribution in [2.45, 2.75) is 111 Å². The lowest BCUT2D eigenvalue weighted by atomic mass is 9.89. The van der Waals surface area contributed by atoms with Gasteiger partial charge in [0.15, 0.2) is 11.2 Å². The van der Waals surface area contributed by atoms with Gasteiger partial charge >= 0.3 is 5.97 Å². The van der Waals surface area contributed by atoms with Gasteiger partial charge < -0.3 is 91.9 Å². The number of nitrogens with one attached hydrogen (secondary N) is 2. The average molecular weight is 1580 g/mol. The Labute approximate surface area is 663 Å². The van der Waals surface area contributed by atoms with Crippen LogP contribution in [0.5, 0.6) is 5.75 Å². The number of aromatic carboxylic acids is 1. The van der Waals surface area contributed by atoms with Crippen LogP contribution >= 0.6 is 12.2 Å². The molecule has 3 amide bonds. The lowest BCUT2D eigenvalue weighted by Crippen LogP contribution is -2.45. The molecule has 614 valence electrons. The molecule has 0 aromatic heterocycles. The molecule has 112 heavy (non-hydrogen) atoms. The van der Waals surface area contributed by atoms with Gasteiger partial charge in [0.1, 0.15) is 22.9 Å². The van der Waals surface area contributed by atoms with E-state index in [9.17, 15) is 43.8 Å². The first kappa shape index (κ1) is 91.2. The number of nitrogens with zero attached hydrogens (tertiary/aromatic N) is 2. The SMILES string of the molecule is CCOCCOCCOCCOCCOCCNC(=O)c1cccc(CC(=O)C[C@@H]2CN(C3CCCCC3)c3ccccc3N(CC(=O)C(C)(C)C)C2=O)c1.CCOCCOCCOCCOCCOCCOCCOCCC(=O)NCCCC(=S)Cc1ccc(-c2c3ccc(=O)cc-3oc3cc(O)ccc23)c(C(=O)O)c1. The zero-order valence-electron chi connectivity index (χ0n) is 65.9. The molecule has 4 aliphatic rings. The topological polar surface area (TPSA) is 314 Å². The number of rotatable bonds is 54. The molecule has 27 heteroatoms. The van der Waals surface area contributed by atoms with Gasteiger partial charge in [0.05, 0.1) is 175 Å². The summed E-state index contributed by atoms with van der Waals surface area (Å²) in [6.07, 6.45) is 7.49. The number of anilines is 2. The molecule has 0 radical (unpaired) electrons. The second kappa shape index (κ2) is 51.7. The summed E-state index contributed by atoms with van der Waals surface area (Å²) in [5.41, 5.74) is 4.68. The Bertz CT molecular complexity index is 3880. The maximum absolute atomic E-state index is 14.3. The Morgan fingerprint density at radius 1 is 0.554 bits per heavy atom. The van der Waals surface area contributed by atoms with Crippen molar-refractivity contribution in [3.63, 3.8) is 0 Å². The van der Waals surface area contributed by atoms with E-state index in [4.69, 9.17) is 73.5 Å². The van der Waals surface area contributed by atoms with E-state index in [1.54, 1.807) is 47.4 Å². The van der Waals surface area contributed by atoms with E-state index in [1.807, 2.05) is 71.0 Å². The quantitative estimate of drug-likeness (QED) is 0.0157. The average Bonchev–Trinajstić information content (AvgIpc) is 0.893. The Morgan fingerprint density at radius 3 is 1.67 bits per heavy atom. The summed E-state index contributed by atoms with van der Waals surface area (Å²) in [5, 5.41) is 26.6. The van der Waals surface area contributed by atoms with Crippen LogP contribution in [0.4, 0.5) is 11.4 Å². The molecule has 0 spiro atoms. The van der Waals surface area contributed by atoms with Gasteiger partial charge in [-0.05, 0) is 116 Å². The van der Waals surface area contributed by atoms with Crippen molar-refractivity contribution < 1.29 is 100 Å². The number of carboxylic acids is 1. The fourth-order valence-corrected chi connectivity index (χ4v) is 13.0. The van der Waals surface area contributed by atoms with Crippen LogP contribution in [0.15, 0.2) is 112 Å². The van der Waals surface area contributed by atoms with Gasteiger partial charge in [-0.1, -0.05) is 88.6 Å². The molecule has 1 saturated carbocycles. The predicted octanol–water partition coefficient (Wildman–Crippen LogP) is 10.7. The summed E-state index contributed by atoms with van der Waals surface area (Å²) in [7, 11) is 0. The minimum atomic E-state index is -1.12. The molecule has 26 nitrogen and oxygen atoms in total. The van der Waals surface area contributed by atoms with Crippen LogP contribution in [0, 0.1) is 11.3 Å². The fourth-order valence-electron chi connectivity index (χ4n) is 12.7. The highest BCUT2D eigenvalue weighted by Gasteiger charge is 2.39. The Balaban J connectivity index is 0.000000311. The maximum atomic E-state index is 14.3. The van der Waals surface area contributed by atoms with Crippen LogP contribution in [0.1, 0.15) is 124 Å². The lowest BCUT2D eigenvalue weighted by Gasteiger charge is -2.37. The molecule has 1 fully saturated rings. The number of benzene rings is 5. The van der Waals surface area contributed by atoms with Gasteiger partial charge in [-0.15, -0.1) is 0 Å². The third kappa shape index (κ3) is 32.8. The first-order chi connectivity index (χ1) is 54.3. The molecule has 1 atom stereocenters. The number of para-hydroxylation sites is 2. The molecular weight excluding hydrogens is 1460 g/mol. The zero-order valence-corrected chi connectivity index (χ0v) is 66.7. The van der Waals surface area contributed by atoms with E-state index in [1.165, 1.54) is 30.7 Å². The number of carbonyl (C=O) groups excluding carboxylic acids is 5. The normalized spacial score (nSPS) is 13.9. The number of fused-ring (bicyclic) bond motifs is 3. The van der Waals surface area contributed by atoms with Gasteiger partial charge in [0.2, 0.25) is 11.8 Å². The van der Waals surface area contributed by atoms with Crippen molar-refractivity contribution in [3.8, 4) is 28.2 Å². The number of carbonyl (C=O) groups is 6. The molecule has 8 rings (SSSR count). The third-order valence-electron chi connectivity index (χ3n) is 18.5. The molecule has 0 bridgehead atoms. The highest BCUT2D eigenvalue weighted by molar-refractivity contribution is 7.80. The number of ketones is 2. The number of thiocarbonyl (C=S) groups is 1. The predicted molar refractivity (Wildman–Crippen MR) is 431 cm³/mol. The highest BCUT2D eigenvalue weighted by Crippen LogP contribution is 2.43. The molecule has 4 aromatic carbocycles. The van der Waals surface area contributed by atoms with Crippen LogP contribution in [0.2, 0.25) is 0 Å². The van der Waals surface area contributed by atoms with Gasteiger partial charge in [-0.3, -0.25) is 28.8 Å². The van der Waals surface area contributed by atoms with E-state index in [0.717, 1.165) is 47.5 Å². The maximum Gasteiger partial charge on any atom is 0.336 e. The third-order valence-corrected chi connectivity index (χ3v) is 18.8. The summed E-state index contributed by atoms with van der Waals surface area (Å²) < 4.78 is 70.9. The fraction of sp³-hybridized carbons (Fsp3) is 0.553. The van der Waals surface area contributed by atoms with Gasteiger partial charge in [-0.2, -0.15) is 0 Å². The van der Waals surface area contributed by atoms with Crippen LogP contribution in [0.25, 0.3) is 33.4 Å². The second-order valence-electron chi connectivity index (χ2n) is 28.0. The summed E-state index contributed by atoms with van der Waals surface area (Å²) in [6, 6.07) is 29.3. The molecular formula is C85H116N4O22S. The molecule has 0 unspecified atom stereocenters. The van der Waals surface area contributed by atoms with Crippen LogP contribution in [-0.2, 0) is 88.9 Å². The molecule has 4 aromatic rings. The van der Waals surface area contributed by atoms with Crippen LogP contribution < -0.4 is 25.9 Å². The number of Topliss-reactive ketones (excluding diaryl/α,β-unsaturated/α-hetero) is 2. The molecule has 2 aliphatic carbocycles. The van der Waals surface area contributed by atoms with Crippen molar-refractivity contribution in [2.24, 2.45) is 11.3 Å². The van der Waals surface area contributed by atoms with Gasteiger partial charge in [0.25, 0.3) is 5.91 Å². The Morgan fingerprint density at radius 2 is 1.10 bits per heavy atom. The number of carboxylic acid groups (broad SMARTS) is 1. The zero-order chi connectivity index (χ0) is 80.1. The first-order valence-corrected chi connectivity index (χ1v) is 39.6. The minimum absolute atomic E-state index is 0.0227. The van der Waals surface area contributed by atoms with E-state index < -0.39 is 17.3 Å². The number of amides is 3. The van der Waals surface area contributed by atoms with Gasteiger partial charge in [0, 0.05) is 104 Å². The number of phenolic OH excluding ortho intramolecular Hbond substituents is 1.